The Bertz CT molecular complexity index is 1100. The quantitative estimate of drug-likeness (QED) is 0.351. The van der Waals surface area contributed by atoms with E-state index < -0.39 is 6.04 Å². The number of halogens is 1. The molecule has 4 nitrogen and oxygen atoms in total. The van der Waals surface area contributed by atoms with Crippen LogP contribution in [0.3, 0.4) is 0 Å². The molecule has 2 unspecified atom stereocenters. The fraction of sp³-hybridized carbons (Fsp3) is 0.333. The van der Waals surface area contributed by atoms with E-state index in [1.54, 1.807) is 4.90 Å². The maximum absolute atomic E-state index is 13.7. The molecule has 0 radical (unpaired) electrons. The standard InChI is InChI=1S/C30H35ClN2O2/c1-4-23(3)32-30(35)28(20-25-10-6-5-7-11-25)33(21-26-12-8-9-13-27(26)31)29(34)19-18-24-16-14-22(2)15-17-24/h5-17,23,28H,4,18-21H2,1-3H3,(H,32,35). The van der Waals surface area contributed by atoms with Gasteiger partial charge >= 0.3 is 0 Å². The van der Waals surface area contributed by atoms with Gasteiger partial charge in [-0.25, -0.2) is 0 Å². The van der Waals surface area contributed by atoms with Gasteiger partial charge in [0.15, 0.2) is 0 Å². The highest BCUT2D eigenvalue weighted by Gasteiger charge is 2.31. The van der Waals surface area contributed by atoms with Crippen LogP contribution < -0.4 is 5.32 Å². The van der Waals surface area contributed by atoms with Crippen molar-refractivity contribution >= 4 is 23.4 Å². The first kappa shape index (κ1) is 26.5. The second kappa shape index (κ2) is 13.1. The Morgan fingerprint density at radius 1 is 0.914 bits per heavy atom. The lowest BCUT2D eigenvalue weighted by molar-refractivity contribution is -0.141. The third-order valence-corrected chi connectivity index (χ3v) is 6.69. The van der Waals surface area contributed by atoms with Crippen LogP contribution in [0, 0.1) is 6.92 Å². The van der Waals surface area contributed by atoms with Gasteiger partial charge in [-0.2, -0.15) is 0 Å². The number of carbonyl (C=O) groups excluding carboxylic acids is 2. The van der Waals surface area contributed by atoms with Crippen molar-refractivity contribution in [2.24, 2.45) is 0 Å². The summed E-state index contributed by atoms with van der Waals surface area (Å²) in [6.45, 7) is 6.34. The average molecular weight is 491 g/mol. The van der Waals surface area contributed by atoms with Crippen molar-refractivity contribution in [3.63, 3.8) is 0 Å². The lowest BCUT2D eigenvalue weighted by Gasteiger charge is -2.32. The molecule has 0 spiro atoms. The number of hydrogen-bond acceptors (Lipinski definition) is 2. The second-order valence-corrected chi connectivity index (χ2v) is 9.53. The Kier molecular flexibility index (Phi) is 9.92. The Labute approximate surface area is 214 Å². The molecule has 1 N–H and O–H groups in total. The van der Waals surface area contributed by atoms with E-state index in [9.17, 15) is 9.59 Å². The summed E-state index contributed by atoms with van der Waals surface area (Å²) >= 11 is 6.47. The van der Waals surface area contributed by atoms with Gasteiger partial charge in [-0.3, -0.25) is 9.59 Å². The Balaban J connectivity index is 1.91. The second-order valence-electron chi connectivity index (χ2n) is 9.12. The Morgan fingerprint density at radius 3 is 2.23 bits per heavy atom. The van der Waals surface area contributed by atoms with Crippen LogP contribution in [-0.2, 0) is 29.0 Å². The van der Waals surface area contributed by atoms with Gasteiger partial charge in [0.05, 0.1) is 0 Å². The van der Waals surface area contributed by atoms with Gasteiger partial charge < -0.3 is 10.2 Å². The van der Waals surface area contributed by atoms with Crippen molar-refractivity contribution in [2.75, 3.05) is 0 Å². The summed E-state index contributed by atoms with van der Waals surface area (Å²) in [6.07, 6.45) is 2.18. The first-order valence-corrected chi connectivity index (χ1v) is 12.7. The fourth-order valence-corrected chi connectivity index (χ4v) is 4.15. The molecule has 3 rings (SSSR count). The van der Waals surface area contributed by atoms with Gasteiger partial charge in [0, 0.05) is 30.5 Å². The van der Waals surface area contributed by atoms with E-state index >= 15 is 0 Å². The van der Waals surface area contributed by atoms with E-state index in [0.717, 1.165) is 23.1 Å². The highest BCUT2D eigenvalue weighted by atomic mass is 35.5. The van der Waals surface area contributed by atoms with Crippen LogP contribution in [0.4, 0.5) is 0 Å². The molecular weight excluding hydrogens is 456 g/mol. The number of hydrogen-bond donors (Lipinski definition) is 1. The Morgan fingerprint density at radius 2 is 1.57 bits per heavy atom. The largest absolute Gasteiger partial charge is 0.352 e. The number of nitrogens with zero attached hydrogens (tertiary/aromatic N) is 1. The summed E-state index contributed by atoms with van der Waals surface area (Å²) in [5, 5.41) is 3.69. The molecule has 3 aromatic carbocycles. The molecular formula is C30H35ClN2O2. The van der Waals surface area contributed by atoms with Gasteiger partial charge in [-0.1, -0.05) is 96.9 Å². The van der Waals surface area contributed by atoms with Crippen LogP contribution in [-0.4, -0.2) is 28.8 Å². The van der Waals surface area contributed by atoms with Gasteiger partial charge in [0.1, 0.15) is 6.04 Å². The van der Waals surface area contributed by atoms with E-state index in [1.165, 1.54) is 5.56 Å². The highest BCUT2D eigenvalue weighted by Crippen LogP contribution is 2.22. The molecule has 0 aromatic heterocycles. The molecule has 0 saturated carbocycles. The zero-order chi connectivity index (χ0) is 25.2. The van der Waals surface area contributed by atoms with Crippen molar-refractivity contribution in [2.45, 2.75) is 65.1 Å². The molecule has 35 heavy (non-hydrogen) atoms. The van der Waals surface area contributed by atoms with Gasteiger partial charge in [-0.05, 0) is 49.4 Å². The molecule has 0 saturated heterocycles. The molecule has 2 amide bonds. The molecule has 184 valence electrons. The highest BCUT2D eigenvalue weighted by molar-refractivity contribution is 6.31. The first-order valence-electron chi connectivity index (χ1n) is 12.3. The lowest BCUT2D eigenvalue weighted by atomic mass is 10.0. The van der Waals surface area contributed by atoms with Crippen molar-refractivity contribution < 1.29 is 9.59 Å². The minimum Gasteiger partial charge on any atom is -0.352 e. The number of nitrogens with one attached hydrogen (secondary N) is 1. The lowest BCUT2D eigenvalue weighted by Crippen LogP contribution is -2.52. The molecule has 0 aliphatic carbocycles. The van der Waals surface area contributed by atoms with E-state index in [-0.39, 0.29) is 24.4 Å². The van der Waals surface area contributed by atoms with Gasteiger partial charge in [0.2, 0.25) is 11.8 Å². The van der Waals surface area contributed by atoms with Crippen molar-refractivity contribution in [1.82, 2.24) is 10.2 Å². The normalized spacial score (nSPS) is 12.6. The molecule has 2 atom stereocenters. The molecule has 0 bridgehead atoms. The molecule has 0 aliphatic heterocycles. The maximum Gasteiger partial charge on any atom is 0.243 e. The average Bonchev–Trinajstić information content (AvgIpc) is 2.87. The summed E-state index contributed by atoms with van der Waals surface area (Å²) < 4.78 is 0. The van der Waals surface area contributed by atoms with Crippen LogP contribution in [0.2, 0.25) is 5.02 Å². The molecule has 0 fully saturated rings. The fourth-order valence-electron chi connectivity index (χ4n) is 3.95. The van der Waals surface area contributed by atoms with E-state index in [2.05, 4.69) is 29.6 Å². The summed E-state index contributed by atoms with van der Waals surface area (Å²) in [5.41, 5.74) is 4.12. The SMILES string of the molecule is CCC(C)NC(=O)C(Cc1ccccc1)N(Cc1ccccc1Cl)C(=O)CCc1ccc(C)cc1. The van der Waals surface area contributed by atoms with Crippen LogP contribution in [0.15, 0.2) is 78.9 Å². The summed E-state index contributed by atoms with van der Waals surface area (Å²) in [4.78, 5) is 28.9. The maximum atomic E-state index is 13.7. The number of aryl methyl sites for hydroxylation is 2. The van der Waals surface area contributed by atoms with Crippen LogP contribution in [0.5, 0.6) is 0 Å². The zero-order valence-corrected chi connectivity index (χ0v) is 21.6. The summed E-state index contributed by atoms with van der Waals surface area (Å²) in [7, 11) is 0. The minimum atomic E-state index is -0.645. The predicted octanol–water partition coefficient (Wildman–Crippen LogP) is 6.14. The van der Waals surface area contributed by atoms with E-state index in [1.807, 2.05) is 75.4 Å². The summed E-state index contributed by atoms with van der Waals surface area (Å²) in [6, 6.07) is 24.9. The van der Waals surface area contributed by atoms with E-state index in [4.69, 9.17) is 11.6 Å². The monoisotopic (exact) mass is 490 g/mol. The minimum absolute atomic E-state index is 0.0191. The molecule has 5 heteroatoms. The zero-order valence-electron chi connectivity index (χ0n) is 20.8. The molecule has 0 aliphatic rings. The van der Waals surface area contributed by atoms with Crippen molar-refractivity contribution in [3.05, 3.63) is 106 Å². The number of amides is 2. The first-order chi connectivity index (χ1) is 16.9. The molecule has 0 heterocycles. The van der Waals surface area contributed by atoms with Crippen LogP contribution in [0.25, 0.3) is 0 Å². The number of carbonyl (C=O) groups is 2. The Hall–Kier alpha value is -3.11. The number of rotatable bonds is 11. The van der Waals surface area contributed by atoms with Gasteiger partial charge in [-0.15, -0.1) is 0 Å². The predicted molar refractivity (Wildman–Crippen MR) is 143 cm³/mol. The van der Waals surface area contributed by atoms with E-state index in [0.29, 0.717) is 24.3 Å². The number of benzene rings is 3. The van der Waals surface area contributed by atoms with Gasteiger partial charge in [0.25, 0.3) is 0 Å². The van der Waals surface area contributed by atoms with Crippen molar-refractivity contribution in [1.29, 1.82) is 0 Å². The van der Waals surface area contributed by atoms with Crippen LogP contribution >= 0.6 is 11.6 Å². The topological polar surface area (TPSA) is 49.4 Å². The third-order valence-electron chi connectivity index (χ3n) is 6.32. The van der Waals surface area contributed by atoms with Crippen LogP contribution in [0.1, 0.15) is 48.9 Å². The summed E-state index contributed by atoms with van der Waals surface area (Å²) in [5.74, 6) is -0.204. The molecule has 3 aromatic rings. The smallest absolute Gasteiger partial charge is 0.243 e. The third kappa shape index (κ3) is 7.97. The van der Waals surface area contributed by atoms with Crippen molar-refractivity contribution in [3.8, 4) is 0 Å².